The first-order chi connectivity index (χ1) is 10.1. The van der Waals surface area contributed by atoms with E-state index < -0.39 is 0 Å². The van der Waals surface area contributed by atoms with Crippen LogP contribution in [0.15, 0.2) is 53.6 Å². The van der Waals surface area contributed by atoms with Gasteiger partial charge in [0.05, 0.1) is 18.0 Å². The van der Waals surface area contributed by atoms with Crippen LogP contribution in [-0.2, 0) is 0 Å². The monoisotopic (exact) mass is 302 g/mol. The summed E-state index contributed by atoms with van der Waals surface area (Å²) in [6.07, 6.45) is 0. The van der Waals surface area contributed by atoms with E-state index in [4.69, 9.17) is 16.3 Å². The van der Waals surface area contributed by atoms with Crippen molar-refractivity contribution in [3.8, 4) is 5.75 Å². The molecule has 3 nitrogen and oxygen atoms in total. The number of ether oxygens (including phenoxy) is 1. The SMILES string of the molecule is CCOc1ccc(/C(C)=N/N(C)c2ccc(Cl)cc2)cc1. The van der Waals surface area contributed by atoms with E-state index in [1.807, 2.05) is 74.4 Å². The zero-order chi connectivity index (χ0) is 15.2. The second-order valence-corrected chi connectivity index (χ2v) is 5.08. The Morgan fingerprint density at radius 3 is 2.29 bits per heavy atom. The van der Waals surface area contributed by atoms with Gasteiger partial charge in [0.2, 0.25) is 0 Å². The topological polar surface area (TPSA) is 24.8 Å². The molecule has 0 bridgehead atoms. The minimum Gasteiger partial charge on any atom is -0.494 e. The summed E-state index contributed by atoms with van der Waals surface area (Å²) in [6.45, 7) is 4.63. The molecule has 0 spiro atoms. The first-order valence-corrected chi connectivity index (χ1v) is 7.25. The normalized spacial score (nSPS) is 11.3. The quantitative estimate of drug-likeness (QED) is 0.595. The highest BCUT2D eigenvalue weighted by Gasteiger charge is 2.02. The van der Waals surface area contributed by atoms with Crippen LogP contribution in [-0.4, -0.2) is 19.4 Å². The number of anilines is 1. The molecule has 110 valence electrons. The van der Waals surface area contributed by atoms with Gasteiger partial charge in [-0.1, -0.05) is 11.6 Å². The Morgan fingerprint density at radius 1 is 1.10 bits per heavy atom. The zero-order valence-corrected chi connectivity index (χ0v) is 13.3. The number of benzene rings is 2. The molecule has 0 N–H and O–H groups in total. The smallest absolute Gasteiger partial charge is 0.119 e. The lowest BCUT2D eigenvalue weighted by Crippen LogP contribution is -2.12. The number of rotatable bonds is 5. The van der Waals surface area contributed by atoms with Gasteiger partial charge < -0.3 is 4.74 Å². The summed E-state index contributed by atoms with van der Waals surface area (Å²) < 4.78 is 5.44. The molecule has 0 fully saturated rings. The molecule has 0 unspecified atom stereocenters. The lowest BCUT2D eigenvalue weighted by atomic mass is 10.1. The largest absolute Gasteiger partial charge is 0.494 e. The molecule has 0 aliphatic heterocycles. The maximum Gasteiger partial charge on any atom is 0.119 e. The summed E-state index contributed by atoms with van der Waals surface area (Å²) in [5.41, 5.74) is 3.00. The summed E-state index contributed by atoms with van der Waals surface area (Å²) in [5, 5.41) is 7.15. The second kappa shape index (κ2) is 7.14. The first-order valence-electron chi connectivity index (χ1n) is 6.88. The molecule has 0 aromatic heterocycles. The second-order valence-electron chi connectivity index (χ2n) is 4.64. The molecule has 4 heteroatoms. The van der Waals surface area contributed by atoms with Crippen LogP contribution < -0.4 is 9.75 Å². The Bertz CT molecular complexity index is 606. The fraction of sp³-hybridized carbons (Fsp3) is 0.235. The van der Waals surface area contributed by atoms with Gasteiger partial charge in [-0.25, -0.2) is 0 Å². The van der Waals surface area contributed by atoms with Crippen LogP contribution in [0.5, 0.6) is 5.75 Å². The van der Waals surface area contributed by atoms with Crippen molar-refractivity contribution in [2.75, 3.05) is 18.7 Å². The van der Waals surface area contributed by atoms with Crippen LogP contribution in [0.25, 0.3) is 0 Å². The molecule has 0 saturated carbocycles. The molecule has 0 aliphatic carbocycles. The molecule has 0 aliphatic rings. The molecule has 2 aromatic carbocycles. The van der Waals surface area contributed by atoms with Gasteiger partial charge in [0, 0.05) is 12.1 Å². The summed E-state index contributed by atoms with van der Waals surface area (Å²) in [4.78, 5) is 0. The fourth-order valence-corrected chi connectivity index (χ4v) is 2.08. The van der Waals surface area contributed by atoms with E-state index in [0.29, 0.717) is 6.61 Å². The van der Waals surface area contributed by atoms with Crippen LogP contribution in [0.3, 0.4) is 0 Å². The number of nitrogens with zero attached hydrogens (tertiary/aromatic N) is 2. The molecular formula is C17H19ClN2O. The molecule has 0 radical (unpaired) electrons. The van der Waals surface area contributed by atoms with E-state index in [0.717, 1.165) is 27.7 Å². The van der Waals surface area contributed by atoms with E-state index >= 15 is 0 Å². The highest BCUT2D eigenvalue weighted by Crippen LogP contribution is 2.18. The van der Waals surface area contributed by atoms with Crippen molar-refractivity contribution in [2.24, 2.45) is 5.10 Å². The number of hydrazone groups is 1. The predicted octanol–water partition coefficient (Wildman–Crippen LogP) is 4.60. The summed E-state index contributed by atoms with van der Waals surface area (Å²) in [5.74, 6) is 0.875. The van der Waals surface area contributed by atoms with Crippen molar-refractivity contribution in [3.05, 3.63) is 59.1 Å². The van der Waals surface area contributed by atoms with Crippen LogP contribution in [0.1, 0.15) is 19.4 Å². The summed E-state index contributed by atoms with van der Waals surface area (Å²) in [6, 6.07) is 15.5. The average Bonchev–Trinajstić information content (AvgIpc) is 2.49. The Morgan fingerprint density at radius 2 is 1.71 bits per heavy atom. The molecular weight excluding hydrogens is 284 g/mol. The van der Waals surface area contributed by atoms with Crippen LogP contribution in [0, 0.1) is 0 Å². The standard InChI is InChI=1S/C17H19ClN2O/c1-4-21-17-11-5-14(6-12-17)13(2)19-20(3)16-9-7-15(18)8-10-16/h5-12H,4H2,1-3H3/b19-13+. The lowest BCUT2D eigenvalue weighted by Gasteiger charge is -2.15. The van der Waals surface area contributed by atoms with Crippen LogP contribution in [0.2, 0.25) is 5.02 Å². The summed E-state index contributed by atoms with van der Waals surface area (Å²) in [7, 11) is 1.92. The van der Waals surface area contributed by atoms with Gasteiger partial charge in [-0.2, -0.15) is 5.10 Å². The summed E-state index contributed by atoms with van der Waals surface area (Å²) >= 11 is 5.89. The molecule has 0 heterocycles. The van der Waals surface area contributed by atoms with E-state index in [9.17, 15) is 0 Å². The molecule has 2 aromatic rings. The van der Waals surface area contributed by atoms with Gasteiger partial charge in [-0.05, 0) is 67.9 Å². The van der Waals surface area contributed by atoms with Crippen molar-refractivity contribution in [1.82, 2.24) is 0 Å². The van der Waals surface area contributed by atoms with Crippen LogP contribution >= 0.6 is 11.6 Å². The third kappa shape index (κ3) is 4.23. The molecule has 0 saturated heterocycles. The maximum absolute atomic E-state index is 5.89. The molecule has 21 heavy (non-hydrogen) atoms. The van der Waals surface area contributed by atoms with Gasteiger partial charge in [0.25, 0.3) is 0 Å². The van der Waals surface area contributed by atoms with Crippen molar-refractivity contribution in [1.29, 1.82) is 0 Å². The molecule has 2 rings (SSSR count). The van der Waals surface area contributed by atoms with Crippen LogP contribution in [0.4, 0.5) is 5.69 Å². The molecule has 0 amide bonds. The van der Waals surface area contributed by atoms with Gasteiger partial charge in [-0.3, -0.25) is 5.01 Å². The lowest BCUT2D eigenvalue weighted by molar-refractivity contribution is 0.340. The van der Waals surface area contributed by atoms with Crippen molar-refractivity contribution >= 4 is 23.0 Å². The van der Waals surface area contributed by atoms with Crippen molar-refractivity contribution < 1.29 is 4.74 Å². The first kappa shape index (κ1) is 15.4. The minimum absolute atomic E-state index is 0.672. The van der Waals surface area contributed by atoms with Gasteiger partial charge in [-0.15, -0.1) is 0 Å². The number of hydrogen-bond acceptors (Lipinski definition) is 3. The average molecular weight is 303 g/mol. The van der Waals surface area contributed by atoms with Crippen molar-refractivity contribution in [3.63, 3.8) is 0 Å². The zero-order valence-electron chi connectivity index (χ0n) is 12.5. The van der Waals surface area contributed by atoms with Gasteiger partial charge >= 0.3 is 0 Å². The van der Waals surface area contributed by atoms with Gasteiger partial charge in [0.1, 0.15) is 5.75 Å². The van der Waals surface area contributed by atoms with Gasteiger partial charge in [0.15, 0.2) is 0 Å². The third-order valence-corrected chi connectivity index (χ3v) is 3.34. The molecule has 0 atom stereocenters. The predicted molar refractivity (Wildman–Crippen MR) is 89.7 cm³/mol. The third-order valence-electron chi connectivity index (χ3n) is 3.08. The van der Waals surface area contributed by atoms with E-state index in [2.05, 4.69) is 5.10 Å². The maximum atomic E-state index is 5.89. The van der Waals surface area contributed by atoms with Crippen molar-refractivity contribution in [2.45, 2.75) is 13.8 Å². The Kier molecular flexibility index (Phi) is 5.23. The highest BCUT2D eigenvalue weighted by atomic mass is 35.5. The number of halogens is 1. The van der Waals surface area contributed by atoms with E-state index in [1.54, 1.807) is 0 Å². The Balaban J connectivity index is 2.13. The highest BCUT2D eigenvalue weighted by molar-refractivity contribution is 6.30. The van der Waals surface area contributed by atoms with E-state index in [-0.39, 0.29) is 0 Å². The number of hydrogen-bond donors (Lipinski definition) is 0. The fourth-order valence-electron chi connectivity index (χ4n) is 1.96. The minimum atomic E-state index is 0.672. The Hall–Kier alpha value is -2.00. The van der Waals surface area contributed by atoms with E-state index in [1.165, 1.54) is 0 Å². The Labute approximate surface area is 130 Å².